The molecule has 0 radical (unpaired) electrons. The van der Waals surface area contributed by atoms with Gasteiger partial charge in [0.05, 0.1) is 23.6 Å². The number of fused-ring (bicyclic) bond motifs is 3. The molecule has 0 N–H and O–H groups in total. The number of anilines is 1. The SMILES string of the molecule is O=C1[C@@H]2[C@@H](C(=O)N1c1ccccc1F)C1(O[C@H]2c2ccc(F)cc2)C(=O)c2ccccc2C1=O. The van der Waals surface area contributed by atoms with Crippen LogP contribution in [-0.2, 0) is 14.3 Å². The number of ketones is 2. The number of hydrogen-bond acceptors (Lipinski definition) is 5. The summed E-state index contributed by atoms with van der Waals surface area (Å²) in [7, 11) is 0. The van der Waals surface area contributed by atoms with Crippen LogP contribution in [0.2, 0.25) is 0 Å². The zero-order valence-electron chi connectivity index (χ0n) is 17.4. The lowest BCUT2D eigenvalue weighted by Gasteiger charge is -2.27. The van der Waals surface area contributed by atoms with Crippen LogP contribution in [-0.4, -0.2) is 29.0 Å². The Labute approximate surface area is 191 Å². The van der Waals surface area contributed by atoms with Gasteiger partial charge in [-0.1, -0.05) is 48.5 Å². The van der Waals surface area contributed by atoms with Gasteiger partial charge in [0.25, 0.3) is 0 Å². The van der Waals surface area contributed by atoms with Crippen molar-refractivity contribution in [1.82, 2.24) is 0 Å². The van der Waals surface area contributed by atoms with Crippen LogP contribution < -0.4 is 4.90 Å². The molecule has 1 aliphatic carbocycles. The smallest absolute Gasteiger partial charge is 0.241 e. The van der Waals surface area contributed by atoms with Crippen molar-refractivity contribution in [2.75, 3.05) is 4.90 Å². The minimum absolute atomic E-state index is 0.0931. The molecule has 1 spiro atoms. The molecule has 0 bridgehead atoms. The fourth-order valence-corrected chi connectivity index (χ4v) is 5.34. The van der Waals surface area contributed by atoms with Gasteiger partial charge >= 0.3 is 0 Å². The number of benzene rings is 3. The largest absolute Gasteiger partial charge is 0.349 e. The van der Waals surface area contributed by atoms with Gasteiger partial charge in [-0.25, -0.2) is 13.7 Å². The quantitative estimate of drug-likeness (QED) is 0.432. The summed E-state index contributed by atoms with van der Waals surface area (Å²) < 4.78 is 34.3. The number of amides is 2. The Morgan fingerprint density at radius 1 is 0.735 bits per heavy atom. The van der Waals surface area contributed by atoms with Gasteiger partial charge in [0.2, 0.25) is 29.0 Å². The lowest BCUT2D eigenvalue weighted by atomic mass is 9.77. The number of hydrogen-bond donors (Lipinski definition) is 0. The fraction of sp³-hybridized carbons (Fsp3) is 0.154. The maximum absolute atomic E-state index is 14.6. The van der Waals surface area contributed by atoms with E-state index in [9.17, 15) is 28.0 Å². The molecule has 2 saturated heterocycles. The van der Waals surface area contributed by atoms with Crippen molar-refractivity contribution in [2.45, 2.75) is 11.7 Å². The molecule has 2 aliphatic heterocycles. The molecule has 3 atom stereocenters. The van der Waals surface area contributed by atoms with Crippen LogP contribution in [0, 0.1) is 23.5 Å². The molecule has 8 heteroatoms. The zero-order chi connectivity index (χ0) is 23.8. The fourth-order valence-electron chi connectivity index (χ4n) is 5.34. The molecular formula is C26H15F2NO5. The van der Waals surface area contributed by atoms with Crippen LogP contribution in [0.4, 0.5) is 14.5 Å². The van der Waals surface area contributed by atoms with Gasteiger partial charge in [0.1, 0.15) is 11.6 Å². The molecular weight excluding hydrogens is 444 g/mol. The highest BCUT2D eigenvalue weighted by Crippen LogP contribution is 2.57. The van der Waals surface area contributed by atoms with E-state index in [2.05, 4.69) is 0 Å². The first-order chi connectivity index (χ1) is 16.4. The number of halogens is 2. The van der Waals surface area contributed by atoms with E-state index in [1.165, 1.54) is 42.5 Å². The molecule has 2 heterocycles. The third kappa shape index (κ3) is 2.46. The van der Waals surface area contributed by atoms with Gasteiger partial charge < -0.3 is 4.74 Å². The van der Waals surface area contributed by atoms with Crippen molar-refractivity contribution in [2.24, 2.45) is 11.8 Å². The number of rotatable bonds is 2. The summed E-state index contributed by atoms with van der Waals surface area (Å²) >= 11 is 0. The third-order valence-corrected chi connectivity index (χ3v) is 6.81. The van der Waals surface area contributed by atoms with E-state index in [4.69, 9.17) is 4.74 Å². The number of imide groups is 1. The monoisotopic (exact) mass is 459 g/mol. The molecule has 3 aromatic rings. The average molecular weight is 459 g/mol. The maximum atomic E-state index is 14.6. The Balaban J connectivity index is 1.56. The summed E-state index contributed by atoms with van der Waals surface area (Å²) in [6, 6.07) is 16.4. The minimum atomic E-state index is -2.26. The van der Waals surface area contributed by atoms with Crippen molar-refractivity contribution >= 4 is 29.1 Å². The topological polar surface area (TPSA) is 80.8 Å². The van der Waals surface area contributed by atoms with Crippen LogP contribution in [0.1, 0.15) is 32.4 Å². The molecule has 6 rings (SSSR count). The number of carbonyl (C=O) groups is 4. The summed E-state index contributed by atoms with van der Waals surface area (Å²) in [6.07, 6.45) is -1.19. The summed E-state index contributed by atoms with van der Waals surface area (Å²) in [5.41, 5.74) is -2.02. The highest BCUT2D eigenvalue weighted by molar-refractivity contribution is 6.37. The van der Waals surface area contributed by atoms with E-state index in [1.807, 2.05) is 0 Å². The molecule has 6 nitrogen and oxygen atoms in total. The second-order valence-corrected chi connectivity index (χ2v) is 8.50. The van der Waals surface area contributed by atoms with Crippen molar-refractivity contribution < 1.29 is 32.7 Å². The molecule has 3 aliphatic rings. The second-order valence-electron chi connectivity index (χ2n) is 8.50. The molecule has 168 valence electrons. The molecule has 2 fully saturated rings. The van der Waals surface area contributed by atoms with E-state index in [-0.39, 0.29) is 16.8 Å². The van der Waals surface area contributed by atoms with Gasteiger partial charge in [-0.3, -0.25) is 19.2 Å². The molecule has 0 aromatic heterocycles. The van der Waals surface area contributed by atoms with Crippen molar-refractivity contribution in [3.63, 3.8) is 0 Å². The standard InChI is InChI=1S/C26H15F2NO5/c27-14-11-9-13(10-12-14)21-19-20(25(33)29(24(19)32)18-8-4-3-7-17(18)28)26(34-21)22(30)15-5-1-2-6-16(15)23(26)31/h1-12,19-21H/t19-,20+,21+/m1/s1. The molecule has 2 amide bonds. The lowest BCUT2D eigenvalue weighted by molar-refractivity contribution is -0.127. The predicted molar refractivity (Wildman–Crippen MR) is 114 cm³/mol. The van der Waals surface area contributed by atoms with E-state index < -0.39 is 58.6 Å². The highest BCUT2D eigenvalue weighted by Gasteiger charge is 2.74. The van der Waals surface area contributed by atoms with Crippen LogP contribution in [0.15, 0.2) is 72.8 Å². The van der Waals surface area contributed by atoms with Crippen LogP contribution in [0.25, 0.3) is 0 Å². The Morgan fingerprint density at radius 2 is 1.32 bits per heavy atom. The number of para-hydroxylation sites is 1. The Bertz CT molecular complexity index is 1380. The molecule has 0 saturated carbocycles. The van der Waals surface area contributed by atoms with Gasteiger partial charge in [-0.15, -0.1) is 0 Å². The first-order valence-corrected chi connectivity index (χ1v) is 10.6. The normalized spacial score (nSPS) is 24.8. The summed E-state index contributed by atoms with van der Waals surface area (Å²) in [5.74, 6) is -7.22. The first kappa shape index (κ1) is 20.6. The average Bonchev–Trinajstić information content (AvgIpc) is 3.40. The first-order valence-electron chi connectivity index (χ1n) is 10.6. The number of ether oxygens (including phenoxy) is 1. The molecule has 34 heavy (non-hydrogen) atoms. The van der Waals surface area contributed by atoms with Crippen LogP contribution >= 0.6 is 0 Å². The number of carbonyl (C=O) groups excluding carboxylic acids is 4. The highest BCUT2D eigenvalue weighted by atomic mass is 19.1. The minimum Gasteiger partial charge on any atom is -0.349 e. The number of nitrogens with zero attached hydrogens (tertiary/aromatic N) is 1. The third-order valence-electron chi connectivity index (χ3n) is 6.81. The zero-order valence-corrected chi connectivity index (χ0v) is 17.4. The molecule has 0 unspecified atom stereocenters. The van der Waals surface area contributed by atoms with Gasteiger partial charge in [0.15, 0.2) is 0 Å². The van der Waals surface area contributed by atoms with Gasteiger partial charge in [0, 0.05) is 11.1 Å². The summed E-state index contributed by atoms with van der Waals surface area (Å²) in [6.45, 7) is 0. The number of Topliss-reactive ketones (excluding diaryl/α,β-unsaturated/α-hetero) is 2. The van der Waals surface area contributed by atoms with E-state index in [0.29, 0.717) is 10.5 Å². The van der Waals surface area contributed by atoms with Crippen LogP contribution in [0.5, 0.6) is 0 Å². The second kappa shape index (κ2) is 6.98. The predicted octanol–water partition coefficient (Wildman–Crippen LogP) is 3.66. The lowest BCUT2D eigenvalue weighted by Crippen LogP contribution is -2.51. The Hall–Kier alpha value is -4.04. The Kier molecular flexibility index (Phi) is 4.22. The van der Waals surface area contributed by atoms with Gasteiger partial charge in [-0.2, -0.15) is 0 Å². The maximum Gasteiger partial charge on any atom is 0.241 e. The van der Waals surface area contributed by atoms with E-state index >= 15 is 0 Å². The van der Waals surface area contributed by atoms with E-state index in [1.54, 1.807) is 12.1 Å². The van der Waals surface area contributed by atoms with Crippen molar-refractivity contribution in [3.05, 3.63) is 101 Å². The van der Waals surface area contributed by atoms with Crippen molar-refractivity contribution in [1.29, 1.82) is 0 Å². The van der Waals surface area contributed by atoms with Crippen molar-refractivity contribution in [3.8, 4) is 0 Å². The summed E-state index contributed by atoms with van der Waals surface area (Å²) in [4.78, 5) is 55.2. The van der Waals surface area contributed by atoms with Crippen LogP contribution in [0.3, 0.4) is 0 Å². The summed E-state index contributed by atoms with van der Waals surface area (Å²) in [5, 5.41) is 0. The Morgan fingerprint density at radius 3 is 1.94 bits per heavy atom. The molecule has 3 aromatic carbocycles. The van der Waals surface area contributed by atoms with Gasteiger partial charge in [-0.05, 0) is 29.8 Å². The van der Waals surface area contributed by atoms with E-state index in [0.717, 1.165) is 18.2 Å².